The number of likely N-dealkylation sites (N-methyl/N-ethyl adjacent to an activating group) is 1. The Kier molecular flexibility index (Phi) is 4.09. The molecule has 0 aliphatic carbocycles. The lowest BCUT2D eigenvalue weighted by Gasteiger charge is -2.29. The summed E-state index contributed by atoms with van der Waals surface area (Å²) in [5, 5.41) is 14.1. The molecule has 0 amide bonds. The number of benzene rings is 1. The SMILES string of the molecule is CCN(CC(C)(C)O)c1nc(NC)nc2ccccc12. The van der Waals surface area contributed by atoms with Crippen LogP contribution in [0.25, 0.3) is 10.9 Å². The van der Waals surface area contributed by atoms with Gasteiger partial charge in [0.2, 0.25) is 5.95 Å². The van der Waals surface area contributed by atoms with E-state index in [0.717, 1.165) is 23.3 Å². The van der Waals surface area contributed by atoms with Crippen LogP contribution in [0.1, 0.15) is 20.8 Å². The Labute approximate surface area is 119 Å². The van der Waals surface area contributed by atoms with Crippen LogP contribution in [-0.4, -0.2) is 40.8 Å². The molecular formula is C15H22N4O. The number of anilines is 2. The minimum atomic E-state index is -0.776. The molecule has 0 saturated heterocycles. The highest BCUT2D eigenvalue weighted by molar-refractivity contribution is 5.90. The zero-order chi connectivity index (χ0) is 14.8. The van der Waals surface area contributed by atoms with Gasteiger partial charge in [-0.3, -0.25) is 0 Å². The van der Waals surface area contributed by atoms with Crippen LogP contribution in [-0.2, 0) is 0 Å². The van der Waals surface area contributed by atoms with Gasteiger partial charge in [-0.2, -0.15) is 4.98 Å². The average Bonchev–Trinajstić information content (AvgIpc) is 2.42. The first-order chi connectivity index (χ1) is 9.44. The van der Waals surface area contributed by atoms with Crippen LogP contribution in [0.2, 0.25) is 0 Å². The fourth-order valence-electron chi connectivity index (χ4n) is 2.22. The van der Waals surface area contributed by atoms with Gasteiger partial charge in [-0.1, -0.05) is 12.1 Å². The summed E-state index contributed by atoms with van der Waals surface area (Å²) < 4.78 is 0. The molecule has 0 aliphatic rings. The van der Waals surface area contributed by atoms with Gasteiger partial charge in [-0.05, 0) is 32.9 Å². The lowest BCUT2D eigenvalue weighted by atomic mass is 10.1. The molecule has 2 N–H and O–H groups in total. The van der Waals surface area contributed by atoms with Crippen molar-refractivity contribution in [2.75, 3.05) is 30.4 Å². The van der Waals surface area contributed by atoms with Gasteiger partial charge < -0.3 is 15.3 Å². The Balaban J connectivity index is 2.55. The second-order valence-electron chi connectivity index (χ2n) is 5.46. The first-order valence-electron chi connectivity index (χ1n) is 6.86. The van der Waals surface area contributed by atoms with E-state index in [0.29, 0.717) is 12.5 Å². The maximum atomic E-state index is 10.1. The molecule has 1 aromatic carbocycles. The molecule has 0 atom stereocenters. The van der Waals surface area contributed by atoms with Crippen LogP contribution in [0.5, 0.6) is 0 Å². The summed E-state index contributed by atoms with van der Waals surface area (Å²) in [6.45, 7) is 6.96. The van der Waals surface area contributed by atoms with Gasteiger partial charge in [-0.25, -0.2) is 4.98 Å². The van der Waals surface area contributed by atoms with Gasteiger partial charge in [0, 0.05) is 25.5 Å². The number of nitrogens with zero attached hydrogens (tertiary/aromatic N) is 3. The molecule has 108 valence electrons. The molecule has 0 aliphatic heterocycles. The third kappa shape index (κ3) is 3.17. The molecule has 1 aromatic heterocycles. The summed E-state index contributed by atoms with van der Waals surface area (Å²) in [7, 11) is 1.81. The van der Waals surface area contributed by atoms with Crippen molar-refractivity contribution in [1.82, 2.24) is 9.97 Å². The summed E-state index contributed by atoms with van der Waals surface area (Å²) in [5.74, 6) is 1.44. The van der Waals surface area contributed by atoms with Crippen LogP contribution in [0.3, 0.4) is 0 Å². The Hall–Kier alpha value is -1.88. The molecule has 0 saturated carbocycles. The van der Waals surface area contributed by atoms with Gasteiger partial charge >= 0.3 is 0 Å². The quantitative estimate of drug-likeness (QED) is 0.876. The highest BCUT2D eigenvalue weighted by Crippen LogP contribution is 2.26. The Morgan fingerprint density at radius 1 is 1.25 bits per heavy atom. The highest BCUT2D eigenvalue weighted by atomic mass is 16.3. The number of fused-ring (bicyclic) bond motifs is 1. The van der Waals surface area contributed by atoms with Crippen LogP contribution < -0.4 is 10.2 Å². The van der Waals surface area contributed by atoms with E-state index in [1.54, 1.807) is 20.9 Å². The third-order valence-electron chi connectivity index (χ3n) is 3.07. The molecule has 2 rings (SSSR count). The maximum Gasteiger partial charge on any atom is 0.224 e. The van der Waals surface area contributed by atoms with E-state index in [9.17, 15) is 5.11 Å². The Morgan fingerprint density at radius 2 is 1.95 bits per heavy atom. The number of rotatable bonds is 5. The Bertz CT molecular complexity index is 592. The molecule has 0 bridgehead atoms. The zero-order valence-corrected chi connectivity index (χ0v) is 12.5. The maximum absolute atomic E-state index is 10.1. The van der Waals surface area contributed by atoms with Crippen LogP contribution in [0, 0.1) is 0 Å². The van der Waals surface area contributed by atoms with E-state index in [1.807, 2.05) is 24.3 Å². The van der Waals surface area contributed by atoms with Crippen molar-refractivity contribution in [2.45, 2.75) is 26.4 Å². The minimum absolute atomic E-state index is 0.521. The predicted octanol–water partition coefficient (Wildman–Crippen LogP) is 2.27. The number of para-hydroxylation sites is 1. The van der Waals surface area contributed by atoms with Crippen molar-refractivity contribution in [1.29, 1.82) is 0 Å². The molecule has 20 heavy (non-hydrogen) atoms. The van der Waals surface area contributed by atoms with Crippen molar-refractivity contribution in [3.63, 3.8) is 0 Å². The number of nitrogens with one attached hydrogen (secondary N) is 1. The molecular weight excluding hydrogens is 252 g/mol. The summed E-state index contributed by atoms with van der Waals surface area (Å²) in [4.78, 5) is 11.1. The highest BCUT2D eigenvalue weighted by Gasteiger charge is 2.20. The predicted molar refractivity (Wildman–Crippen MR) is 83.3 cm³/mol. The summed E-state index contributed by atoms with van der Waals surface area (Å²) in [5.41, 5.74) is 0.123. The van der Waals surface area contributed by atoms with Gasteiger partial charge in [0.1, 0.15) is 5.82 Å². The van der Waals surface area contributed by atoms with Crippen molar-refractivity contribution in [3.8, 4) is 0 Å². The molecule has 0 radical (unpaired) electrons. The average molecular weight is 274 g/mol. The van der Waals surface area contributed by atoms with Crippen LogP contribution in [0.15, 0.2) is 24.3 Å². The number of aliphatic hydroxyl groups is 1. The van der Waals surface area contributed by atoms with Crippen molar-refractivity contribution >= 4 is 22.7 Å². The number of hydrogen-bond donors (Lipinski definition) is 2. The summed E-state index contributed by atoms with van der Waals surface area (Å²) in [6, 6.07) is 7.92. The van der Waals surface area contributed by atoms with Gasteiger partial charge in [0.15, 0.2) is 0 Å². The fourth-order valence-corrected chi connectivity index (χ4v) is 2.22. The minimum Gasteiger partial charge on any atom is -0.389 e. The molecule has 2 aromatic rings. The van der Waals surface area contributed by atoms with E-state index in [4.69, 9.17) is 0 Å². The normalized spacial score (nSPS) is 11.7. The van der Waals surface area contributed by atoms with E-state index < -0.39 is 5.60 Å². The van der Waals surface area contributed by atoms with Gasteiger partial charge in [0.05, 0.1) is 11.1 Å². The first-order valence-corrected chi connectivity index (χ1v) is 6.86. The van der Waals surface area contributed by atoms with E-state index >= 15 is 0 Å². The Morgan fingerprint density at radius 3 is 2.55 bits per heavy atom. The molecule has 0 spiro atoms. The van der Waals surface area contributed by atoms with Gasteiger partial charge in [0.25, 0.3) is 0 Å². The van der Waals surface area contributed by atoms with Crippen molar-refractivity contribution < 1.29 is 5.11 Å². The lowest BCUT2D eigenvalue weighted by molar-refractivity contribution is 0.0875. The topological polar surface area (TPSA) is 61.3 Å². The van der Waals surface area contributed by atoms with E-state index in [-0.39, 0.29) is 0 Å². The zero-order valence-electron chi connectivity index (χ0n) is 12.5. The van der Waals surface area contributed by atoms with Crippen LogP contribution >= 0.6 is 0 Å². The van der Waals surface area contributed by atoms with Crippen LogP contribution in [0.4, 0.5) is 11.8 Å². The van der Waals surface area contributed by atoms with E-state index in [2.05, 4.69) is 27.1 Å². The number of hydrogen-bond acceptors (Lipinski definition) is 5. The standard InChI is InChI=1S/C15H22N4O/c1-5-19(10-15(2,3)20)13-11-8-6-7-9-12(11)17-14(16-4)18-13/h6-9,20H,5,10H2,1-4H3,(H,16,17,18). The first kappa shape index (κ1) is 14.5. The summed E-state index contributed by atoms with van der Waals surface area (Å²) in [6.07, 6.45) is 0. The molecule has 0 fully saturated rings. The second-order valence-corrected chi connectivity index (χ2v) is 5.46. The smallest absolute Gasteiger partial charge is 0.224 e. The molecule has 1 heterocycles. The second kappa shape index (κ2) is 5.63. The third-order valence-corrected chi connectivity index (χ3v) is 3.07. The largest absolute Gasteiger partial charge is 0.389 e. The van der Waals surface area contributed by atoms with E-state index in [1.165, 1.54) is 0 Å². The van der Waals surface area contributed by atoms with Gasteiger partial charge in [-0.15, -0.1) is 0 Å². The van der Waals surface area contributed by atoms with Crippen molar-refractivity contribution in [2.24, 2.45) is 0 Å². The molecule has 5 nitrogen and oxygen atoms in total. The molecule has 5 heteroatoms. The monoisotopic (exact) mass is 274 g/mol. The van der Waals surface area contributed by atoms with Crippen molar-refractivity contribution in [3.05, 3.63) is 24.3 Å². The lowest BCUT2D eigenvalue weighted by Crippen LogP contribution is -2.39. The fraction of sp³-hybridized carbons (Fsp3) is 0.467. The molecule has 0 unspecified atom stereocenters. The number of aromatic nitrogens is 2. The summed E-state index contributed by atoms with van der Waals surface area (Å²) >= 11 is 0.